The second-order valence-corrected chi connectivity index (χ2v) is 2.33. The van der Waals surface area contributed by atoms with Gasteiger partial charge in [0, 0.05) is 11.8 Å². The third kappa shape index (κ3) is 7.39. The molecule has 0 aromatic carbocycles. The van der Waals surface area contributed by atoms with Crippen LogP contribution in [-0.2, 0) is 14.3 Å². The number of nitrogens with zero attached hydrogens (tertiary/aromatic N) is 3. The van der Waals surface area contributed by atoms with E-state index in [1.54, 1.807) is 0 Å². The van der Waals surface area contributed by atoms with Crippen LogP contribution in [0.15, 0.2) is 5.11 Å². The smallest absolute Gasteiger partial charge is 0.302 e. The van der Waals surface area contributed by atoms with E-state index in [1.165, 1.54) is 6.92 Å². The van der Waals surface area contributed by atoms with Crippen molar-refractivity contribution in [2.45, 2.75) is 13.0 Å². The summed E-state index contributed by atoms with van der Waals surface area (Å²) in [6.45, 7) is 1.42. The van der Waals surface area contributed by atoms with Gasteiger partial charge in [-0.1, -0.05) is 16.7 Å². The first-order valence-electron chi connectivity index (χ1n) is 3.52. The molecule has 0 aliphatic carbocycles. The van der Waals surface area contributed by atoms with Crippen molar-refractivity contribution in [2.24, 2.45) is 5.11 Å². The molecule has 0 saturated heterocycles. The zero-order valence-electron chi connectivity index (χ0n) is 7.14. The maximum absolute atomic E-state index is 10.4. The van der Waals surface area contributed by atoms with E-state index in [0.717, 1.165) is 0 Å². The second-order valence-electron chi connectivity index (χ2n) is 2.11. The lowest BCUT2D eigenvalue weighted by Crippen LogP contribution is -2.23. The highest BCUT2D eigenvalue weighted by molar-refractivity contribution is 6.17. The van der Waals surface area contributed by atoms with Gasteiger partial charge in [-0.05, 0) is 5.53 Å². The van der Waals surface area contributed by atoms with E-state index in [1.807, 2.05) is 0 Å². The van der Waals surface area contributed by atoms with E-state index in [9.17, 15) is 4.79 Å². The first kappa shape index (κ1) is 12.0. The van der Waals surface area contributed by atoms with E-state index < -0.39 is 12.1 Å². The van der Waals surface area contributed by atoms with Gasteiger partial charge in [0.1, 0.15) is 12.7 Å². The van der Waals surface area contributed by atoms with Gasteiger partial charge in [-0.15, -0.1) is 0 Å². The Morgan fingerprint density at radius 3 is 2.92 bits per heavy atom. The summed E-state index contributed by atoms with van der Waals surface area (Å²) in [5.74, 6) is -0.413. The number of carbonyl (C=O) groups excluding carboxylic acids is 1. The van der Waals surface area contributed by atoms with Crippen LogP contribution < -0.4 is 0 Å². The number of halogens is 1. The molecular formula is C6H10ClN3O3. The minimum absolute atomic E-state index is 0.0348. The van der Waals surface area contributed by atoms with Crippen molar-refractivity contribution in [1.29, 1.82) is 0 Å². The van der Waals surface area contributed by atoms with Crippen molar-refractivity contribution in [3.05, 3.63) is 10.4 Å². The molecule has 0 aliphatic rings. The average molecular weight is 208 g/mol. The van der Waals surface area contributed by atoms with Crippen LogP contribution in [0.3, 0.4) is 0 Å². The molecule has 1 unspecified atom stereocenters. The Balaban J connectivity index is 3.78. The minimum atomic E-state index is -0.475. The van der Waals surface area contributed by atoms with Gasteiger partial charge in [0.15, 0.2) is 0 Å². The largest absolute Gasteiger partial charge is 0.463 e. The first-order valence-corrected chi connectivity index (χ1v) is 4.06. The van der Waals surface area contributed by atoms with Crippen molar-refractivity contribution < 1.29 is 14.3 Å². The van der Waals surface area contributed by atoms with Gasteiger partial charge in [-0.2, -0.15) is 0 Å². The predicted octanol–water partition coefficient (Wildman–Crippen LogP) is 1.44. The van der Waals surface area contributed by atoms with Crippen LogP contribution in [0, 0.1) is 0 Å². The highest BCUT2D eigenvalue weighted by atomic mass is 35.5. The summed E-state index contributed by atoms with van der Waals surface area (Å²) in [6, 6.07) is -0.0348. The summed E-state index contributed by atoms with van der Waals surface area (Å²) >= 11 is 5.29. The Kier molecular flexibility index (Phi) is 7.10. The lowest BCUT2D eigenvalue weighted by Gasteiger charge is -2.12. The van der Waals surface area contributed by atoms with Gasteiger partial charge in [0.25, 0.3) is 0 Å². The number of carbonyl (C=O) groups is 1. The highest BCUT2D eigenvalue weighted by Gasteiger charge is 2.08. The Hall–Kier alpha value is -0.970. The molecule has 6 nitrogen and oxygen atoms in total. The molecule has 0 rings (SSSR count). The van der Waals surface area contributed by atoms with E-state index in [-0.39, 0.29) is 19.2 Å². The van der Waals surface area contributed by atoms with Crippen molar-refractivity contribution in [3.63, 3.8) is 0 Å². The molecule has 0 radical (unpaired) electrons. The Morgan fingerprint density at radius 2 is 2.46 bits per heavy atom. The number of ether oxygens (including phenoxy) is 2. The van der Waals surface area contributed by atoms with Gasteiger partial charge in [-0.25, -0.2) is 0 Å². The van der Waals surface area contributed by atoms with Crippen LogP contribution in [0.5, 0.6) is 0 Å². The molecule has 0 aromatic rings. The van der Waals surface area contributed by atoms with E-state index in [0.29, 0.717) is 0 Å². The van der Waals surface area contributed by atoms with Gasteiger partial charge in [0.05, 0.1) is 12.6 Å². The molecule has 0 bridgehead atoms. The number of azide groups is 1. The topological polar surface area (TPSA) is 84.3 Å². The summed E-state index contributed by atoms with van der Waals surface area (Å²) in [7, 11) is 0. The predicted molar refractivity (Wildman–Crippen MR) is 46.2 cm³/mol. The summed E-state index contributed by atoms with van der Waals surface area (Å²) in [5, 5.41) is 3.27. The number of hydrogen-bond donors (Lipinski definition) is 0. The molecule has 74 valence electrons. The fourth-order valence-corrected chi connectivity index (χ4v) is 0.759. The molecule has 0 amide bonds. The van der Waals surface area contributed by atoms with Crippen molar-refractivity contribution >= 4 is 17.6 Å². The molecule has 7 heteroatoms. The Labute approximate surface area is 80.4 Å². The zero-order chi connectivity index (χ0) is 10.1. The van der Waals surface area contributed by atoms with Crippen molar-refractivity contribution in [3.8, 4) is 0 Å². The molecule has 13 heavy (non-hydrogen) atoms. The third-order valence-corrected chi connectivity index (χ3v) is 1.25. The average Bonchev–Trinajstić information content (AvgIpc) is 2.09. The minimum Gasteiger partial charge on any atom is -0.463 e. The molecular weight excluding hydrogens is 198 g/mol. The van der Waals surface area contributed by atoms with Gasteiger partial charge in [0.2, 0.25) is 0 Å². The number of alkyl halides is 1. The maximum atomic E-state index is 10.4. The monoisotopic (exact) mass is 207 g/mol. The molecule has 0 aliphatic heterocycles. The second kappa shape index (κ2) is 7.67. The lowest BCUT2D eigenvalue weighted by atomic mass is 10.4. The Bertz CT molecular complexity index is 205. The summed E-state index contributed by atoms with van der Waals surface area (Å²) in [4.78, 5) is 13.0. The number of esters is 1. The molecule has 0 aromatic heterocycles. The molecule has 0 spiro atoms. The number of hydrogen-bond acceptors (Lipinski definition) is 4. The normalized spacial score (nSPS) is 11.5. The van der Waals surface area contributed by atoms with Gasteiger partial charge in [-0.3, -0.25) is 4.79 Å². The fourth-order valence-electron chi connectivity index (χ4n) is 0.580. The summed E-state index contributed by atoms with van der Waals surface area (Å²) in [5.41, 5.74) is 8.02. The molecule has 0 fully saturated rings. The summed E-state index contributed by atoms with van der Waals surface area (Å²) in [6.07, 6.45) is -0.475. The van der Waals surface area contributed by atoms with Crippen LogP contribution in [0.1, 0.15) is 6.92 Å². The first-order chi connectivity index (χ1) is 6.20. The maximum Gasteiger partial charge on any atom is 0.302 e. The lowest BCUT2D eigenvalue weighted by molar-refractivity contribution is -0.144. The van der Waals surface area contributed by atoms with E-state index in [2.05, 4.69) is 14.8 Å². The van der Waals surface area contributed by atoms with E-state index in [4.69, 9.17) is 21.9 Å². The molecule has 1 atom stereocenters. The van der Waals surface area contributed by atoms with Crippen LogP contribution in [0.4, 0.5) is 0 Å². The van der Waals surface area contributed by atoms with Crippen molar-refractivity contribution in [2.75, 3.05) is 19.2 Å². The molecule has 0 saturated carbocycles. The SMILES string of the molecule is CC(=O)OCC(CN=[N+]=[N-])OCCl. The van der Waals surface area contributed by atoms with Gasteiger partial charge >= 0.3 is 5.97 Å². The van der Waals surface area contributed by atoms with E-state index >= 15 is 0 Å². The van der Waals surface area contributed by atoms with Gasteiger partial charge < -0.3 is 9.47 Å². The quantitative estimate of drug-likeness (QED) is 0.217. The molecule has 0 heterocycles. The fraction of sp³-hybridized carbons (Fsp3) is 0.833. The van der Waals surface area contributed by atoms with Crippen molar-refractivity contribution in [1.82, 2.24) is 0 Å². The van der Waals surface area contributed by atoms with Crippen LogP contribution in [0.25, 0.3) is 10.4 Å². The van der Waals surface area contributed by atoms with Crippen LogP contribution in [0.2, 0.25) is 0 Å². The van der Waals surface area contributed by atoms with Crippen LogP contribution in [-0.4, -0.2) is 31.3 Å². The third-order valence-electron chi connectivity index (χ3n) is 1.12. The zero-order valence-corrected chi connectivity index (χ0v) is 7.90. The van der Waals surface area contributed by atoms with Crippen LogP contribution >= 0.6 is 11.6 Å². The highest BCUT2D eigenvalue weighted by Crippen LogP contribution is 1.97. The number of rotatable bonds is 6. The standard InChI is InChI=1S/C6H10ClN3O3/c1-5(11)12-3-6(13-4-7)2-9-10-8/h6H,2-4H2,1H3. The summed E-state index contributed by atoms with van der Waals surface area (Å²) < 4.78 is 9.57. The molecule has 0 N–H and O–H groups in total. The Morgan fingerprint density at radius 1 is 1.77 bits per heavy atom.